The van der Waals surface area contributed by atoms with Gasteiger partial charge in [0.05, 0.1) is 6.04 Å². The summed E-state index contributed by atoms with van der Waals surface area (Å²) in [6.07, 6.45) is 3.79. The number of ketones is 1. The summed E-state index contributed by atoms with van der Waals surface area (Å²) in [5.41, 5.74) is 5.43. The van der Waals surface area contributed by atoms with Gasteiger partial charge in [0.25, 0.3) is 0 Å². The Labute approximate surface area is 61.2 Å². The molecule has 0 aromatic heterocycles. The first-order chi connectivity index (χ1) is 4.80. The van der Waals surface area contributed by atoms with Crippen molar-refractivity contribution in [2.45, 2.75) is 31.7 Å². The molecule has 3 heteroatoms. The van der Waals surface area contributed by atoms with Crippen molar-refractivity contribution in [3.8, 4) is 0 Å². The fraction of sp³-hybridized carbons (Fsp3) is 0.857. The molecule has 0 bridgehead atoms. The summed E-state index contributed by atoms with van der Waals surface area (Å²) in [5.74, 6) is 0.247. The summed E-state index contributed by atoms with van der Waals surface area (Å²) in [4.78, 5) is 10.7. The molecule has 0 heterocycles. The van der Waals surface area contributed by atoms with Gasteiger partial charge >= 0.3 is 0 Å². The van der Waals surface area contributed by atoms with Crippen molar-refractivity contribution in [3.05, 3.63) is 0 Å². The molecule has 10 heavy (non-hydrogen) atoms. The van der Waals surface area contributed by atoms with Crippen molar-refractivity contribution in [1.82, 2.24) is 0 Å². The maximum absolute atomic E-state index is 10.7. The van der Waals surface area contributed by atoms with Crippen molar-refractivity contribution in [1.29, 1.82) is 0 Å². The average molecular weight is 145 g/mol. The Morgan fingerprint density at radius 3 is 2.40 bits per heavy atom. The lowest BCUT2D eigenvalue weighted by molar-refractivity contribution is -0.121. The molecule has 0 spiro atoms. The normalized spacial score (nSPS) is 25.1. The summed E-state index contributed by atoms with van der Waals surface area (Å²) in [5, 5.41) is 7.00. The maximum Gasteiger partial charge on any atom is 0.149 e. The highest BCUT2D eigenvalue weighted by molar-refractivity contribution is 5.84. The Bertz CT molecular complexity index is 104. The van der Waals surface area contributed by atoms with Gasteiger partial charge in [-0.05, 0) is 12.8 Å². The zero-order valence-corrected chi connectivity index (χ0v) is 6.34. The molecule has 1 unspecified atom stereocenters. The van der Waals surface area contributed by atoms with Gasteiger partial charge in [-0.2, -0.15) is 0 Å². The minimum Gasteiger partial charge on any atom is -0.400 e. The highest BCUT2D eigenvalue weighted by Gasteiger charge is 2.16. The first kappa shape index (κ1) is 9.59. The monoisotopic (exact) mass is 145 g/mol. The quantitative estimate of drug-likeness (QED) is 0.507. The SMILES string of the molecule is CO.NC1CCCCC1=O. The van der Waals surface area contributed by atoms with Crippen LogP contribution in [0.3, 0.4) is 0 Å². The van der Waals surface area contributed by atoms with E-state index in [0.717, 1.165) is 26.4 Å². The Hall–Kier alpha value is -0.410. The van der Waals surface area contributed by atoms with Crippen LogP contribution in [0.25, 0.3) is 0 Å². The molecular formula is C7H15NO2. The third-order valence-electron chi connectivity index (χ3n) is 1.60. The summed E-state index contributed by atoms with van der Waals surface area (Å²) in [7, 11) is 1.00. The van der Waals surface area contributed by atoms with E-state index in [0.29, 0.717) is 6.42 Å². The maximum atomic E-state index is 10.7. The molecule has 1 saturated carbocycles. The second kappa shape index (κ2) is 5.38. The molecule has 0 aromatic rings. The smallest absolute Gasteiger partial charge is 0.149 e. The predicted molar refractivity (Wildman–Crippen MR) is 39.6 cm³/mol. The van der Waals surface area contributed by atoms with E-state index >= 15 is 0 Å². The van der Waals surface area contributed by atoms with Gasteiger partial charge in [0.1, 0.15) is 5.78 Å². The molecule has 1 fully saturated rings. The zero-order valence-electron chi connectivity index (χ0n) is 6.34. The van der Waals surface area contributed by atoms with E-state index in [1.165, 1.54) is 0 Å². The van der Waals surface area contributed by atoms with Crippen LogP contribution < -0.4 is 5.73 Å². The third-order valence-corrected chi connectivity index (χ3v) is 1.60. The number of aliphatic hydroxyl groups is 1. The number of aliphatic hydroxyl groups excluding tert-OH is 1. The Morgan fingerprint density at radius 1 is 1.50 bits per heavy atom. The van der Waals surface area contributed by atoms with E-state index in [-0.39, 0.29) is 11.8 Å². The second-order valence-electron chi connectivity index (χ2n) is 2.32. The van der Waals surface area contributed by atoms with Crippen LogP contribution in [-0.4, -0.2) is 24.0 Å². The second-order valence-corrected chi connectivity index (χ2v) is 2.32. The van der Waals surface area contributed by atoms with Gasteiger partial charge in [-0.3, -0.25) is 4.79 Å². The molecule has 0 aromatic carbocycles. The largest absolute Gasteiger partial charge is 0.400 e. The first-order valence-corrected chi connectivity index (χ1v) is 3.54. The molecule has 1 aliphatic rings. The fourth-order valence-electron chi connectivity index (χ4n) is 1.01. The number of carbonyl (C=O) groups is 1. The fourth-order valence-corrected chi connectivity index (χ4v) is 1.01. The molecule has 0 aliphatic heterocycles. The van der Waals surface area contributed by atoms with Gasteiger partial charge in [0, 0.05) is 13.5 Å². The van der Waals surface area contributed by atoms with Crippen LogP contribution in [0.4, 0.5) is 0 Å². The molecule has 0 radical (unpaired) electrons. The predicted octanol–water partition coefficient (Wildman–Crippen LogP) is 0.0653. The highest BCUT2D eigenvalue weighted by atomic mass is 16.2. The number of hydrogen-bond donors (Lipinski definition) is 2. The van der Waals surface area contributed by atoms with Crippen LogP contribution in [0.15, 0.2) is 0 Å². The molecule has 0 amide bonds. The highest BCUT2D eigenvalue weighted by Crippen LogP contribution is 2.11. The Morgan fingerprint density at radius 2 is 2.10 bits per heavy atom. The number of carbonyl (C=O) groups excluding carboxylic acids is 1. The lowest BCUT2D eigenvalue weighted by Crippen LogP contribution is -2.32. The number of Topliss-reactive ketones (excluding diaryl/α,β-unsaturated/α-hetero) is 1. The lowest BCUT2D eigenvalue weighted by atomic mass is 9.95. The number of hydrogen-bond acceptors (Lipinski definition) is 3. The van der Waals surface area contributed by atoms with E-state index < -0.39 is 0 Å². The average Bonchev–Trinajstić information content (AvgIpc) is 2.00. The van der Waals surface area contributed by atoms with Crippen LogP contribution in [0, 0.1) is 0 Å². The van der Waals surface area contributed by atoms with Gasteiger partial charge in [0.2, 0.25) is 0 Å². The third kappa shape index (κ3) is 2.94. The minimum atomic E-state index is -0.135. The van der Waals surface area contributed by atoms with Crippen molar-refractivity contribution in [2.24, 2.45) is 5.73 Å². The van der Waals surface area contributed by atoms with Crippen LogP contribution in [-0.2, 0) is 4.79 Å². The molecule has 60 valence electrons. The number of rotatable bonds is 0. The minimum absolute atomic E-state index is 0.135. The Balaban J connectivity index is 0.000000371. The van der Waals surface area contributed by atoms with Gasteiger partial charge < -0.3 is 10.8 Å². The molecule has 3 N–H and O–H groups in total. The molecule has 0 saturated heterocycles. The van der Waals surface area contributed by atoms with E-state index in [2.05, 4.69) is 0 Å². The van der Waals surface area contributed by atoms with Crippen LogP contribution in [0.2, 0.25) is 0 Å². The molecule has 1 rings (SSSR count). The summed E-state index contributed by atoms with van der Waals surface area (Å²) in [6, 6.07) is -0.135. The van der Waals surface area contributed by atoms with Crippen LogP contribution in [0.5, 0.6) is 0 Å². The van der Waals surface area contributed by atoms with Gasteiger partial charge in [0.15, 0.2) is 0 Å². The number of nitrogens with two attached hydrogens (primary N) is 1. The van der Waals surface area contributed by atoms with Crippen molar-refractivity contribution in [3.63, 3.8) is 0 Å². The molecule has 1 atom stereocenters. The summed E-state index contributed by atoms with van der Waals surface area (Å²) < 4.78 is 0. The van der Waals surface area contributed by atoms with Crippen LogP contribution >= 0.6 is 0 Å². The van der Waals surface area contributed by atoms with E-state index in [1.807, 2.05) is 0 Å². The van der Waals surface area contributed by atoms with Gasteiger partial charge in [-0.15, -0.1) is 0 Å². The zero-order chi connectivity index (χ0) is 7.98. The van der Waals surface area contributed by atoms with E-state index in [9.17, 15) is 4.79 Å². The standard InChI is InChI=1S/C6H11NO.CH4O/c7-5-3-1-2-4-6(5)8;1-2/h5H,1-4,7H2;2H,1H3. The molecule has 3 nitrogen and oxygen atoms in total. The topological polar surface area (TPSA) is 63.3 Å². The van der Waals surface area contributed by atoms with Crippen molar-refractivity contribution in [2.75, 3.05) is 7.11 Å². The first-order valence-electron chi connectivity index (χ1n) is 3.54. The molecular weight excluding hydrogens is 130 g/mol. The van der Waals surface area contributed by atoms with Crippen LogP contribution in [0.1, 0.15) is 25.7 Å². The van der Waals surface area contributed by atoms with E-state index in [1.54, 1.807) is 0 Å². The lowest BCUT2D eigenvalue weighted by Gasteiger charge is -2.14. The van der Waals surface area contributed by atoms with Gasteiger partial charge in [-0.25, -0.2) is 0 Å². The van der Waals surface area contributed by atoms with E-state index in [4.69, 9.17) is 10.8 Å². The molecule has 1 aliphatic carbocycles. The van der Waals surface area contributed by atoms with Crippen molar-refractivity contribution < 1.29 is 9.90 Å². The Kier molecular flexibility index (Phi) is 5.16. The summed E-state index contributed by atoms with van der Waals surface area (Å²) in [6.45, 7) is 0. The van der Waals surface area contributed by atoms with Crippen molar-refractivity contribution >= 4 is 5.78 Å². The summed E-state index contributed by atoms with van der Waals surface area (Å²) >= 11 is 0. The van der Waals surface area contributed by atoms with Gasteiger partial charge in [-0.1, -0.05) is 6.42 Å².